The number of hydrogen-bond donors (Lipinski definition) is 1. The summed E-state index contributed by atoms with van der Waals surface area (Å²) in [5.41, 5.74) is 0.820. The molecule has 9 nitrogen and oxygen atoms in total. The minimum absolute atomic E-state index is 0.0495. The number of nitrogens with zero attached hydrogens (tertiary/aromatic N) is 1. The summed E-state index contributed by atoms with van der Waals surface area (Å²) in [5, 5.41) is 3.16. The van der Waals surface area contributed by atoms with E-state index in [0.29, 0.717) is 31.8 Å². The predicted octanol–water partition coefficient (Wildman–Crippen LogP) is 1.20. The number of rotatable bonds is 5. The zero-order valence-electron chi connectivity index (χ0n) is 13.7. The number of piperazine rings is 1. The molecule has 0 spiro atoms. The summed E-state index contributed by atoms with van der Waals surface area (Å²) in [6.07, 6.45) is -0.937. The Kier molecular flexibility index (Phi) is 5.03. The van der Waals surface area contributed by atoms with Crippen LogP contribution in [0.4, 0.5) is 4.79 Å². The molecule has 2 aromatic rings. The smallest absolute Gasteiger partial charge is 0.456 e. The Hall–Kier alpha value is -2.81. The molecule has 134 valence electrons. The van der Waals surface area contributed by atoms with Crippen LogP contribution < -0.4 is 5.32 Å². The van der Waals surface area contributed by atoms with Crippen LogP contribution in [0.1, 0.15) is 27.6 Å². The van der Waals surface area contributed by atoms with Gasteiger partial charge in [0.2, 0.25) is 6.79 Å². The highest BCUT2D eigenvalue weighted by Gasteiger charge is 2.31. The molecule has 1 N–H and O–H groups in total. The largest absolute Gasteiger partial charge is 0.511 e. The number of esters is 1. The second-order valence-corrected chi connectivity index (χ2v) is 5.33. The van der Waals surface area contributed by atoms with Crippen LogP contribution in [0.15, 0.2) is 16.5 Å². The van der Waals surface area contributed by atoms with Crippen molar-refractivity contribution in [2.24, 2.45) is 0 Å². The molecule has 25 heavy (non-hydrogen) atoms. The molecule has 2 aromatic heterocycles. The Balaban J connectivity index is 1.72. The van der Waals surface area contributed by atoms with E-state index < -0.39 is 18.9 Å². The number of carbonyl (C=O) groups excluding carboxylic acids is 3. The molecule has 1 amide bonds. The maximum atomic E-state index is 12.8. The molecule has 1 saturated heterocycles. The number of benzene rings is 1. The Labute approximate surface area is 143 Å². The predicted molar refractivity (Wildman–Crippen MR) is 84.6 cm³/mol. The molecule has 1 aliphatic heterocycles. The molecule has 3 heterocycles. The van der Waals surface area contributed by atoms with Crippen molar-refractivity contribution in [2.75, 3.05) is 39.6 Å². The second kappa shape index (κ2) is 7.39. The van der Waals surface area contributed by atoms with Gasteiger partial charge in [-0.1, -0.05) is 0 Å². The van der Waals surface area contributed by atoms with Gasteiger partial charge in [-0.05, 0) is 19.1 Å². The van der Waals surface area contributed by atoms with Gasteiger partial charge in [0.15, 0.2) is 0 Å². The Morgan fingerprint density at radius 3 is 2.44 bits per heavy atom. The highest BCUT2D eigenvalue weighted by atomic mass is 16.8. The van der Waals surface area contributed by atoms with Crippen LogP contribution >= 0.6 is 0 Å². The quantitative estimate of drug-likeness (QED) is 0.633. The highest BCUT2D eigenvalue weighted by molar-refractivity contribution is 6.14. The summed E-state index contributed by atoms with van der Waals surface area (Å²) < 4.78 is 19.5. The molecule has 1 fully saturated rings. The van der Waals surface area contributed by atoms with Gasteiger partial charge in [0.25, 0.3) is 5.91 Å². The maximum absolute atomic E-state index is 12.8. The fourth-order valence-corrected chi connectivity index (χ4v) is 2.66. The molecule has 2 bridgehead atoms. The third kappa shape index (κ3) is 3.50. The molecule has 0 atom stereocenters. The highest BCUT2D eigenvalue weighted by Crippen LogP contribution is 2.30. The summed E-state index contributed by atoms with van der Waals surface area (Å²) >= 11 is 0. The van der Waals surface area contributed by atoms with Crippen molar-refractivity contribution in [2.45, 2.75) is 6.92 Å². The van der Waals surface area contributed by atoms with Gasteiger partial charge in [-0.25, -0.2) is 9.59 Å². The van der Waals surface area contributed by atoms with Crippen LogP contribution in [0.5, 0.6) is 0 Å². The first kappa shape index (κ1) is 17.0. The van der Waals surface area contributed by atoms with Crippen molar-refractivity contribution < 1.29 is 33.0 Å². The van der Waals surface area contributed by atoms with E-state index in [0.717, 1.165) is 0 Å². The van der Waals surface area contributed by atoms with Crippen LogP contribution in [-0.2, 0) is 14.2 Å². The molecule has 3 rings (SSSR count). The topological polar surface area (TPSA) is 107 Å². The van der Waals surface area contributed by atoms with Gasteiger partial charge < -0.3 is 28.8 Å². The van der Waals surface area contributed by atoms with Crippen molar-refractivity contribution in [3.8, 4) is 0 Å². The van der Waals surface area contributed by atoms with Gasteiger partial charge >= 0.3 is 12.1 Å². The summed E-state index contributed by atoms with van der Waals surface area (Å²) in [6, 6.07) is 3.23. The van der Waals surface area contributed by atoms with Crippen LogP contribution in [0.3, 0.4) is 0 Å². The Morgan fingerprint density at radius 2 is 1.76 bits per heavy atom. The van der Waals surface area contributed by atoms with Crippen molar-refractivity contribution in [3.05, 3.63) is 23.3 Å². The summed E-state index contributed by atoms with van der Waals surface area (Å²) in [6.45, 7) is 3.63. The van der Waals surface area contributed by atoms with Gasteiger partial charge in [-0.3, -0.25) is 4.79 Å². The molecule has 0 unspecified atom stereocenters. The third-order valence-electron chi connectivity index (χ3n) is 3.80. The van der Waals surface area contributed by atoms with E-state index in [9.17, 15) is 14.4 Å². The van der Waals surface area contributed by atoms with Gasteiger partial charge in [-0.15, -0.1) is 0 Å². The van der Waals surface area contributed by atoms with Gasteiger partial charge in [0.05, 0.1) is 6.61 Å². The minimum atomic E-state index is -0.937. The zero-order valence-corrected chi connectivity index (χ0v) is 13.7. The molecule has 9 heteroatoms. The van der Waals surface area contributed by atoms with Crippen LogP contribution in [0, 0.1) is 0 Å². The zero-order chi connectivity index (χ0) is 17.8. The monoisotopic (exact) mass is 350 g/mol. The van der Waals surface area contributed by atoms with Crippen molar-refractivity contribution >= 4 is 29.2 Å². The van der Waals surface area contributed by atoms with Crippen LogP contribution in [-0.4, -0.2) is 62.5 Å². The van der Waals surface area contributed by atoms with Crippen molar-refractivity contribution in [1.82, 2.24) is 10.2 Å². The fraction of sp³-hybridized carbons (Fsp3) is 0.438. The lowest BCUT2D eigenvalue weighted by Gasteiger charge is -2.27. The summed E-state index contributed by atoms with van der Waals surface area (Å²) in [4.78, 5) is 37.8. The molecular weight excluding hydrogens is 332 g/mol. The Bertz CT molecular complexity index is 763. The molecular formula is C16H18N2O7. The molecule has 1 aliphatic rings. The van der Waals surface area contributed by atoms with Crippen molar-refractivity contribution in [3.63, 3.8) is 0 Å². The molecule has 0 radical (unpaired) electrons. The van der Waals surface area contributed by atoms with Gasteiger partial charge in [0, 0.05) is 26.2 Å². The summed E-state index contributed by atoms with van der Waals surface area (Å²) in [5.74, 6) is -1.08. The Morgan fingerprint density at radius 1 is 1.08 bits per heavy atom. The molecule has 0 aliphatic carbocycles. The number of carbonyl (C=O) groups is 3. The van der Waals surface area contributed by atoms with E-state index in [4.69, 9.17) is 9.15 Å². The van der Waals surface area contributed by atoms with E-state index in [2.05, 4.69) is 14.8 Å². The average Bonchev–Trinajstić information content (AvgIpc) is 3.23. The first-order chi connectivity index (χ1) is 12.1. The number of hydrogen-bond acceptors (Lipinski definition) is 8. The lowest BCUT2D eigenvalue weighted by molar-refractivity contribution is -0.0262. The third-order valence-corrected chi connectivity index (χ3v) is 3.80. The fourth-order valence-electron chi connectivity index (χ4n) is 2.66. The maximum Gasteiger partial charge on any atom is 0.511 e. The summed E-state index contributed by atoms with van der Waals surface area (Å²) in [7, 11) is 0. The SMILES string of the molecule is CCOC(=O)OCOC(=O)c1c(C(=O)N2CCNCC2)c2ccc1o2. The second-order valence-electron chi connectivity index (χ2n) is 5.33. The van der Waals surface area contributed by atoms with Gasteiger partial charge in [-0.2, -0.15) is 0 Å². The lowest BCUT2D eigenvalue weighted by atomic mass is 10.1. The number of nitrogens with one attached hydrogen (secondary N) is 1. The van der Waals surface area contributed by atoms with E-state index in [-0.39, 0.29) is 29.2 Å². The standard InChI is InChI=1S/C16H18N2O7/c1-2-22-16(21)24-9-23-15(20)13-11-4-3-10(25-11)12(13)14(19)18-7-5-17-6-8-18/h3-4,17H,2,5-9H2,1H3. The van der Waals surface area contributed by atoms with E-state index in [1.807, 2.05) is 0 Å². The normalized spacial score (nSPS) is 14.5. The van der Waals surface area contributed by atoms with E-state index in [1.54, 1.807) is 24.0 Å². The number of amides is 1. The molecule has 0 aromatic carbocycles. The average molecular weight is 350 g/mol. The number of ether oxygens (including phenoxy) is 3. The van der Waals surface area contributed by atoms with E-state index in [1.165, 1.54) is 0 Å². The number of fused-ring (bicyclic) bond motifs is 2. The first-order valence-electron chi connectivity index (χ1n) is 7.93. The minimum Gasteiger partial charge on any atom is -0.456 e. The lowest BCUT2D eigenvalue weighted by Crippen LogP contribution is -2.46. The van der Waals surface area contributed by atoms with Crippen LogP contribution in [0.25, 0.3) is 11.2 Å². The van der Waals surface area contributed by atoms with Crippen molar-refractivity contribution in [1.29, 1.82) is 0 Å². The van der Waals surface area contributed by atoms with E-state index >= 15 is 0 Å². The van der Waals surface area contributed by atoms with Crippen LogP contribution in [0.2, 0.25) is 0 Å². The van der Waals surface area contributed by atoms with Gasteiger partial charge in [0.1, 0.15) is 22.3 Å². The number of furan rings is 2. The molecule has 0 saturated carbocycles. The first-order valence-corrected chi connectivity index (χ1v) is 7.93.